The molecular formula is C13H17FN2OS. The van der Waals surface area contributed by atoms with Gasteiger partial charge >= 0.3 is 0 Å². The summed E-state index contributed by atoms with van der Waals surface area (Å²) in [5, 5.41) is 2.80. The Morgan fingerprint density at radius 2 is 1.94 bits per heavy atom. The number of benzene rings is 1. The van der Waals surface area contributed by atoms with Gasteiger partial charge in [0.1, 0.15) is 5.82 Å². The van der Waals surface area contributed by atoms with E-state index in [0.717, 1.165) is 18.4 Å². The lowest BCUT2D eigenvalue weighted by molar-refractivity contribution is -0.120. The highest BCUT2D eigenvalue weighted by molar-refractivity contribution is 7.80. The second-order valence-electron chi connectivity index (χ2n) is 4.08. The first kappa shape index (κ1) is 14.6. The number of hydrogen-bond donors (Lipinski definition) is 2. The van der Waals surface area contributed by atoms with Crippen molar-refractivity contribution in [3.8, 4) is 0 Å². The lowest BCUT2D eigenvalue weighted by atomic mass is 10.1. The van der Waals surface area contributed by atoms with E-state index >= 15 is 0 Å². The molecule has 0 unspecified atom stereocenters. The number of halogens is 1. The molecule has 0 radical (unpaired) electrons. The molecule has 1 aromatic rings. The van der Waals surface area contributed by atoms with Crippen LogP contribution < -0.4 is 11.1 Å². The number of nitrogens with one attached hydrogen (secondary N) is 1. The smallest absolute Gasteiger partial charge is 0.224 e. The lowest BCUT2D eigenvalue weighted by Crippen LogP contribution is -2.26. The first-order valence-corrected chi connectivity index (χ1v) is 6.28. The molecule has 1 rings (SSSR count). The number of unbranched alkanes of at least 4 members (excludes halogenated alkanes) is 1. The number of hydrogen-bond acceptors (Lipinski definition) is 2. The maximum Gasteiger partial charge on any atom is 0.224 e. The zero-order valence-electron chi connectivity index (χ0n) is 10.1. The average Bonchev–Trinajstić information content (AvgIpc) is 2.31. The zero-order chi connectivity index (χ0) is 13.4. The van der Waals surface area contributed by atoms with Crippen LogP contribution in [-0.2, 0) is 11.2 Å². The first-order chi connectivity index (χ1) is 8.58. The summed E-state index contributed by atoms with van der Waals surface area (Å²) in [5.41, 5.74) is 6.17. The van der Waals surface area contributed by atoms with Gasteiger partial charge in [-0.2, -0.15) is 0 Å². The second-order valence-corrected chi connectivity index (χ2v) is 4.60. The third-order valence-corrected chi connectivity index (χ3v) is 2.65. The monoisotopic (exact) mass is 268 g/mol. The van der Waals surface area contributed by atoms with Crippen LogP contribution in [0.1, 0.15) is 24.8 Å². The molecule has 0 heterocycles. The summed E-state index contributed by atoms with van der Waals surface area (Å²) in [6, 6.07) is 5.93. The van der Waals surface area contributed by atoms with Crippen molar-refractivity contribution in [1.82, 2.24) is 5.32 Å². The normalized spacial score (nSPS) is 10.1. The van der Waals surface area contributed by atoms with E-state index in [1.54, 1.807) is 12.1 Å². The molecule has 3 N–H and O–H groups in total. The van der Waals surface area contributed by atoms with E-state index in [4.69, 9.17) is 18.0 Å². The molecule has 0 bridgehead atoms. The Morgan fingerprint density at radius 1 is 1.28 bits per heavy atom. The maximum absolute atomic E-state index is 12.7. The largest absolute Gasteiger partial charge is 0.393 e. The summed E-state index contributed by atoms with van der Waals surface area (Å²) in [7, 11) is 0. The van der Waals surface area contributed by atoms with Gasteiger partial charge in [-0.05, 0) is 37.0 Å². The van der Waals surface area contributed by atoms with Crippen molar-refractivity contribution in [2.24, 2.45) is 5.73 Å². The minimum absolute atomic E-state index is 0.0584. The third-order valence-electron chi connectivity index (χ3n) is 2.45. The third kappa shape index (κ3) is 6.30. The molecule has 0 atom stereocenters. The van der Waals surface area contributed by atoms with Gasteiger partial charge in [0.05, 0.1) is 11.4 Å². The first-order valence-electron chi connectivity index (χ1n) is 5.87. The summed E-state index contributed by atoms with van der Waals surface area (Å²) >= 11 is 4.75. The zero-order valence-corrected chi connectivity index (χ0v) is 10.9. The van der Waals surface area contributed by atoms with Crippen LogP contribution in [0.2, 0.25) is 0 Å². The fourth-order valence-corrected chi connectivity index (χ4v) is 1.65. The molecule has 0 spiro atoms. The number of carbonyl (C=O) groups excluding carboxylic acids is 1. The van der Waals surface area contributed by atoms with E-state index in [1.807, 2.05) is 0 Å². The number of carbonyl (C=O) groups is 1. The topological polar surface area (TPSA) is 55.1 Å². The highest BCUT2D eigenvalue weighted by atomic mass is 32.1. The Balaban J connectivity index is 2.17. The van der Waals surface area contributed by atoms with Crippen molar-refractivity contribution < 1.29 is 9.18 Å². The Bertz CT molecular complexity index is 406. The standard InChI is InChI=1S/C13H17FN2OS/c14-11-6-4-10(5-7-11)9-13(17)16-8-2-1-3-12(15)18/h4-7H,1-3,8-9H2,(H2,15,18)(H,16,17). The minimum Gasteiger partial charge on any atom is -0.393 e. The molecule has 0 fully saturated rings. The Morgan fingerprint density at radius 3 is 2.56 bits per heavy atom. The van der Waals surface area contributed by atoms with Crippen LogP contribution >= 0.6 is 12.2 Å². The molecule has 0 saturated carbocycles. The maximum atomic E-state index is 12.7. The van der Waals surface area contributed by atoms with Crippen LogP contribution in [0.3, 0.4) is 0 Å². The molecule has 1 aromatic carbocycles. The number of amides is 1. The summed E-state index contributed by atoms with van der Waals surface area (Å²) in [4.78, 5) is 12.0. The molecule has 0 aromatic heterocycles. The minimum atomic E-state index is -0.295. The summed E-state index contributed by atoms with van der Waals surface area (Å²) in [6.07, 6.45) is 2.72. The molecule has 0 aliphatic heterocycles. The molecule has 18 heavy (non-hydrogen) atoms. The molecular weight excluding hydrogens is 251 g/mol. The number of nitrogens with two attached hydrogens (primary N) is 1. The average molecular weight is 268 g/mol. The predicted octanol–water partition coefficient (Wildman–Crippen LogP) is 1.94. The van der Waals surface area contributed by atoms with Gasteiger partial charge in [0, 0.05) is 6.54 Å². The highest BCUT2D eigenvalue weighted by Gasteiger charge is 2.02. The van der Waals surface area contributed by atoms with E-state index < -0.39 is 0 Å². The fraction of sp³-hybridized carbons (Fsp3) is 0.385. The predicted molar refractivity (Wildman–Crippen MR) is 73.8 cm³/mol. The van der Waals surface area contributed by atoms with Crippen LogP contribution in [0.5, 0.6) is 0 Å². The Kier molecular flexibility index (Phi) is 6.28. The van der Waals surface area contributed by atoms with Gasteiger partial charge in [0.25, 0.3) is 0 Å². The quantitative estimate of drug-likeness (QED) is 0.587. The van der Waals surface area contributed by atoms with Crippen molar-refractivity contribution >= 4 is 23.1 Å². The van der Waals surface area contributed by atoms with Crippen LogP contribution in [0.15, 0.2) is 24.3 Å². The Hall–Kier alpha value is -1.49. The molecule has 3 nitrogen and oxygen atoms in total. The van der Waals surface area contributed by atoms with Crippen molar-refractivity contribution in [2.45, 2.75) is 25.7 Å². The van der Waals surface area contributed by atoms with Crippen molar-refractivity contribution in [3.05, 3.63) is 35.6 Å². The van der Waals surface area contributed by atoms with Crippen molar-refractivity contribution in [3.63, 3.8) is 0 Å². The van der Waals surface area contributed by atoms with Gasteiger partial charge < -0.3 is 11.1 Å². The Labute approximate surface area is 112 Å². The van der Waals surface area contributed by atoms with E-state index in [2.05, 4.69) is 5.32 Å². The van der Waals surface area contributed by atoms with Crippen molar-refractivity contribution in [2.75, 3.05) is 6.54 Å². The van der Waals surface area contributed by atoms with Gasteiger partial charge in [0.15, 0.2) is 0 Å². The van der Waals surface area contributed by atoms with Crippen LogP contribution in [0.25, 0.3) is 0 Å². The van der Waals surface area contributed by atoms with Gasteiger partial charge in [0.2, 0.25) is 5.91 Å². The van der Waals surface area contributed by atoms with Gasteiger partial charge in [-0.1, -0.05) is 24.4 Å². The summed E-state index contributed by atoms with van der Waals surface area (Å²) in [6.45, 7) is 0.614. The van der Waals surface area contributed by atoms with E-state index in [1.165, 1.54) is 12.1 Å². The summed E-state index contributed by atoms with van der Waals surface area (Å²) in [5.74, 6) is -0.353. The van der Waals surface area contributed by atoms with Crippen LogP contribution in [0, 0.1) is 5.82 Å². The van der Waals surface area contributed by atoms with E-state index in [-0.39, 0.29) is 18.1 Å². The number of thiocarbonyl (C=S) groups is 1. The van der Waals surface area contributed by atoms with E-state index in [0.29, 0.717) is 18.0 Å². The van der Waals surface area contributed by atoms with Crippen LogP contribution in [-0.4, -0.2) is 17.4 Å². The van der Waals surface area contributed by atoms with Crippen molar-refractivity contribution in [1.29, 1.82) is 0 Å². The molecule has 0 aliphatic rings. The number of rotatable bonds is 7. The fourth-order valence-electron chi connectivity index (χ4n) is 1.50. The summed E-state index contributed by atoms with van der Waals surface area (Å²) < 4.78 is 12.7. The molecule has 0 saturated heterocycles. The van der Waals surface area contributed by atoms with Gasteiger partial charge in [-0.25, -0.2) is 4.39 Å². The molecule has 1 amide bonds. The van der Waals surface area contributed by atoms with Gasteiger partial charge in [-0.15, -0.1) is 0 Å². The lowest BCUT2D eigenvalue weighted by Gasteiger charge is -2.05. The molecule has 0 aliphatic carbocycles. The van der Waals surface area contributed by atoms with E-state index in [9.17, 15) is 9.18 Å². The molecule has 98 valence electrons. The SMILES string of the molecule is NC(=S)CCCCNC(=O)Cc1ccc(F)cc1. The second kappa shape index (κ2) is 7.76. The van der Waals surface area contributed by atoms with Gasteiger partial charge in [-0.3, -0.25) is 4.79 Å². The molecule has 5 heteroatoms. The highest BCUT2D eigenvalue weighted by Crippen LogP contribution is 2.03. The van der Waals surface area contributed by atoms with Crippen LogP contribution in [0.4, 0.5) is 4.39 Å².